The van der Waals surface area contributed by atoms with Crippen molar-refractivity contribution < 1.29 is 23.5 Å². The number of fused-ring (bicyclic) bond motifs is 1. The van der Waals surface area contributed by atoms with Crippen LogP contribution in [0.15, 0.2) is 78.4 Å². The number of thiophene rings is 1. The number of urea groups is 1. The number of aromatic nitrogens is 2. The van der Waals surface area contributed by atoms with Gasteiger partial charge in [0, 0.05) is 33.9 Å². The van der Waals surface area contributed by atoms with Crippen LogP contribution in [0.3, 0.4) is 0 Å². The molecular formula is C27H18F2N4O3S. The van der Waals surface area contributed by atoms with E-state index in [4.69, 9.17) is 5.11 Å². The molecule has 184 valence electrons. The minimum absolute atomic E-state index is 0.0334. The Balaban J connectivity index is 1.34. The fourth-order valence-corrected chi connectivity index (χ4v) is 4.86. The molecule has 0 radical (unpaired) electrons. The molecule has 0 aliphatic carbocycles. The molecule has 0 bridgehead atoms. The number of nitrogens with zero attached hydrogens (tertiary/aromatic N) is 2. The standard InChI is InChI=1S/C27H18F2N4O3S/c28-21-10-9-19(12-22(21)29)33-27(36)32-18-7-5-17(6-8-18)24-26-25(31-14-30-24)20(13-37-26)16-3-1-15(2-4-16)11-23(34)35/h1-10,12-14H,11H2,(H,34,35)(H2,32,33,36). The minimum atomic E-state index is -1.05. The molecule has 2 amide bonds. The first kappa shape index (κ1) is 24.0. The third kappa shape index (κ3) is 5.29. The molecule has 0 saturated heterocycles. The van der Waals surface area contributed by atoms with Gasteiger partial charge in [-0.3, -0.25) is 4.79 Å². The molecule has 5 rings (SSSR count). The van der Waals surface area contributed by atoms with E-state index >= 15 is 0 Å². The molecule has 0 aliphatic heterocycles. The Morgan fingerprint density at radius 2 is 1.51 bits per heavy atom. The van der Waals surface area contributed by atoms with E-state index in [-0.39, 0.29) is 12.1 Å². The lowest BCUT2D eigenvalue weighted by Gasteiger charge is -2.09. The molecule has 0 fully saturated rings. The summed E-state index contributed by atoms with van der Waals surface area (Å²) in [4.78, 5) is 32.1. The SMILES string of the molecule is O=C(O)Cc1ccc(-c2csc3c(-c4ccc(NC(=O)Nc5ccc(F)c(F)c5)cc4)ncnc23)cc1. The van der Waals surface area contributed by atoms with E-state index in [0.29, 0.717) is 5.69 Å². The first-order valence-corrected chi connectivity index (χ1v) is 11.9. The quantitative estimate of drug-likeness (QED) is 0.237. The lowest BCUT2D eigenvalue weighted by atomic mass is 10.0. The summed E-state index contributed by atoms with van der Waals surface area (Å²) < 4.78 is 27.3. The van der Waals surface area contributed by atoms with E-state index in [2.05, 4.69) is 20.6 Å². The van der Waals surface area contributed by atoms with Crippen LogP contribution < -0.4 is 10.6 Å². The van der Waals surface area contributed by atoms with Crippen molar-refractivity contribution in [3.63, 3.8) is 0 Å². The Kier molecular flexibility index (Phi) is 6.57. The van der Waals surface area contributed by atoms with Crippen LogP contribution in [-0.2, 0) is 11.2 Å². The zero-order valence-electron chi connectivity index (χ0n) is 19.0. The van der Waals surface area contributed by atoms with Crippen LogP contribution in [0.4, 0.5) is 25.0 Å². The van der Waals surface area contributed by atoms with Gasteiger partial charge in [-0.25, -0.2) is 23.5 Å². The highest BCUT2D eigenvalue weighted by atomic mass is 32.1. The van der Waals surface area contributed by atoms with Gasteiger partial charge in [0.05, 0.1) is 22.3 Å². The van der Waals surface area contributed by atoms with Crippen molar-refractivity contribution in [3.05, 3.63) is 95.6 Å². The van der Waals surface area contributed by atoms with Crippen LogP contribution in [0.1, 0.15) is 5.56 Å². The fraction of sp³-hybridized carbons (Fsp3) is 0.0370. The van der Waals surface area contributed by atoms with Crippen molar-refractivity contribution in [2.75, 3.05) is 10.6 Å². The Morgan fingerprint density at radius 3 is 2.22 bits per heavy atom. The molecule has 3 aromatic carbocycles. The summed E-state index contributed by atoms with van der Waals surface area (Å²) in [7, 11) is 0. The average molecular weight is 517 g/mol. The lowest BCUT2D eigenvalue weighted by molar-refractivity contribution is -0.136. The Hall–Kier alpha value is -4.70. The number of carboxylic acid groups (broad SMARTS) is 1. The highest BCUT2D eigenvalue weighted by molar-refractivity contribution is 7.18. The van der Waals surface area contributed by atoms with Crippen molar-refractivity contribution >= 4 is 44.9 Å². The highest BCUT2D eigenvalue weighted by Crippen LogP contribution is 2.37. The van der Waals surface area contributed by atoms with Crippen LogP contribution in [-0.4, -0.2) is 27.1 Å². The summed E-state index contributed by atoms with van der Waals surface area (Å²) in [5.41, 5.74) is 5.55. The third-order valence-electron chi connectivity index (χ3n) is 5.57. The van der Waals surface area contributed by atoms with Gasteiger partial charge in [0.1, 0.15) is 6.33 Å². The summed E-state index contributed by atoms with van der Waals surface area (Å²) in [5, 5.41) is 16.1. The van der Waals surface area contributed by atoms with E-state index in [9.17, 15) is 18.4 Å². The summed E-state index contributed by atoms with van der Waals surface area (Å²) in [6.07, 6.45) is 1.46. The number of rotatable bonds is 6. The normalized spacial score (nSPS) is 10.9. The molecule has 2 heterocycles. The maximum Gasteiger partial charge on any atom is 0.323 e. The zero-order valence-corrected chi connectivity index (χ0v) is 19.9. The van der Waals surface area contributed by atoms with Gasteiger partial charge in [-0.15, -0.1) is 11.3 Å². The molecular weight excluding hydrogens is 498 g/mol. The van der Waals surface area contributed by atoms with Gasteiger partial charge in [0.2, 0.25) is 0 Å². The van der Waals surface area contributed by atoms with E-state index in [0.717, 1.165) is 50.3 Å². The molecule has 0 unspecified atom stereocenters. The molecule has 10 heteroatoms. The number of carboxylic acids is 1. The number of benzene rings is 3. The monoisotopic (exact) mass is 516 g/mol. The molecule has 3 N–H and O–H groups in total. The molecule has 0 atom stereocenters. The number of amides is 2. The van der Waals surface area contributed by atoms with Crippen molar-refractivity contribution in [1.29, 1.82) is 0 Å². The second-order valence-corrected chi connectivity index (χ2v) is 8.98. The van der Waals surface area contributed by atoms with E-state index < -0.39 is 23.6 Å². The van der Waals surface area contributed by atoms with Crippen molar-refractivity contribution in [3.8, 4) is 22.4 Å². The number of carbonyl (C=O) groups is 2. The zero-order chi connectivity index (χ0) is 25.9. The van der Waals surface area contributed by atoms with E-state index in [1.807, 2.05) is 29.6 Å². The van der Waals surface area contributed by atoms with Crippen LogP contribution in [0.25, 0.3) is 32.6 Å². The van der Waals surface area contributed by atoms with Crippen molar-refractivity contribution in [2.45, 2.75) is 6.42 Å². The summed E-state index contributed by atoms with van der Waals surface area (Å²) >= 11 is 1.51. The largest absolute Gasteiger partial charge is 0.481 e. The van der Waals surface area contributed by atoms with Gasteiger partial charge in [0.15, 0.2) is 11.6 Å². The number of hydrogen-bond donors (Lipinski definition) is 3. The van der Waals surface area contributed by atoms with Crippen LogP contribution in [0.2, 0.25) is 0 Å². The van der Waals surface area contributed by atoms with Crippen molar-refractivity contribution in [1.82, 2.24) is 9.97 Å². The Bertz CT molecular complexity index is 1620. The average Bonchev–Trinajstić information content (AvgIpc) is 3.31. The molecule has 0 saturated carbocycles. The predicted octanol–water partition coefficient (Wildman–Crippen LogP) is 6.57. The van der Waals surface area contributed by atoms with Crippen LogP contribution in [0.5, 0.6) is 0 Å². The second-order valence-electron chi connectivity index (χ2n) is 8.10. The topological polar surface area (TPSA) is 104 Å². The van der Waals surface area contributed by atoms with E-state index in [1.54, 1.807) is 24.3 Å². The Morgan fingerprint density at radius 1 is 0.838 bits per heavy atom. The molecule has 7 nitrogen and oxygen atoms in total. The van der Waals surface area contributed by atoms with Crippen LogP contribution in [0, 0.1) is 11.6 Å². The number of anilines is 2. The maximum absolute atomic E-state index is 13.4. The highest BCUT2D eigenvalue weighted by Gasteiger charge is 2.14. The number of nitrogens with one attached hydrogen (secondary N) is 2. The number of carbonyl (C=O) groups excluding carboxylic acids is 1. The van der Waals surface area contributed by atoms with Gasteiger partial charge in [-0.05, 0) is 35.4 Å². The Labute approximate surface area is 213 Å². The molecule has 0 spiro atoms. The van der Waals surface area contributed by atoms with Crippen molar-refractivity contribution in [2.24, 2.45) is 0 Å². The molecule has 0 aliphatic rings. The van der Waals surface area contributed by atoms with Gasteiger partial charge in [-0.1, -0.05) is 36.4 Å². The summed E-state index contributed by atoms with van der Waals surface area (Å²) in [6.45, 7) is 0. The maximum atomic E-state index is 13.4. The molecule has 5 aromatic rings. The molecule has 37 heavy (non-hydrogen) atoms. The van der Waals surface area contributed by atoms with Gasteiger partial charge in [-0.2, -0.15) is 0 Å². The van der Waals surface area contributed by atoms with Gasteiger partial charge < -0.3 is 15.7 Å². The summed E-state index contributed by atoms with van der Waals surface area (Å²) in [6, 6.07) is 16.9. The smallest absolute Gasteiger partial charge is 0.323 e. The number of halogens is 2. The minimum Gasteiger partial charge on any atom is -0.481 e. The van der Waals surface area contributed by atoms with Gasteiger partial charge >= 0.3 is 12.0 Å². The number of aliphatic carboxylic acids is 1. The lowest BCUT2D eigenvalue weighted by Crippen LogP contribution is -2.19. The fourth-order valence-electron chi connectivity index (χ4n) is 3.82. The predicted molar refractivity (Wildman–Crippen MR) is 139 cm³/mol. The first-order valence-electron chi connectivity index (χ1n) is 11.0. The second kappa shape index (κ2) is 10.1. The third-order valence-corrected chi connectivity index (χ3v) is 6.54. The first-order chi connectivity index (χ1) is 17.9. The molecule has 2 aromatic heterocycles. The van der Waals surface area contributed by atoms with E-state index in [1.165, 1.54) is 23.7 Å². The van der Waals surface area contributed by atoms with Gasteiger partial charge in [0.25, 0.3) is 0 Å². The summed E-state index contributed by atoms with van der Waals surface area (Å²) in [5.74, 6) is -2.92. The number of hydrogen-bond acceptors (Lipinski definition) is 5. The van der Waals surface area contributed by atoms with Crippen LogP contribution >= 0.6 is 11.3 Å².